The summed E-state index contributed by atoms with van der Waals surface area (Å²) in [6, 6.07) is 7.96. The van der Waals surface area contributed by atoms with Gasteiger partial charge >= 0.3 is 0 Å². The van der Waals surface area contributed by atoms with Gasteiger partial charge in [0.15, 0.2) is 0 Å². The SMILES string of the molecule is CCCCCCCOc1ccc(NC(=O)C23CC4CC(CC(C4)C2)C3)cc1. The third-order valence-electron chi connectivity index (χ3n) is 7.15. The van der Waals surface area contributed by atoms with E-state index in [9.17, 15) is 4.79 Å². The maximum Gasteiger partial charge on any atom is 0.230 e. The van der Waals surface area contributed by atoms with E-state index in [-0.39, 0.29) is 11.3 Å². The first-order chi connectivity index (χ1) is 13.2. The highest BCUT2D eigenvalue weighted by molar-refractivity contribution is 5.95. The first-order valence-electron chi connectivity index (χ1n) is 11.2. The summed E-state index contributed by atoms with van der Waals surface area (Å²) in [4.78, 5) is 13.1. The first kappa shape index (κ1) is 18.8. The van der Waals surface area contributed by atoms with Gasteiger partial charge in [-0.2, -0.15) is 0 Å². The molecule has 1 aromatic rings. The van der Waals surface area contributed by atoms with Crippen LogP contribution in [-0.4, -0.2) is 12.5 Å². The van der Waals surface area contributed by atoms with E-state index >= 15 is 0 Å². The normalized spacial score (nSPS) is 31.1. The number of nitrogens with one attached hydrogen (secondary N) is 1. The van der Waals surface area contributed by atoms with Crippen LogP contribution in [0.3, 0.4) is 0 Å². The van der Waals surface area contributed by atoms with Crippen molar-refractivity contribution in [2.45, 2.75) is 77.6 Å². The molecule has 1 aromatic carbocycles. The van der Waals surface area contributed by atoms with Crippen LogP contribution in [0.5, 0.6) is 5.75 Å². The maximum atomic E-state index is 13.1. The summed E-state index contributed by atoms with van der Waals surface area (Å²) in [6.45, 7) is 3.02. The molecule has 0 aromatic heterocycles. The Morgan fingerprint density at radius 3 is 2.15 bits per heavy atom. The number of unbranched alkanes of at least 4 members (excludes halogenated alkanes) is 4. The van der Waals surface area contributed by atoms with Crippen LogP contribution in [0.4, 0.5) is 5.69 Å². The molecule has 0 aliphatic heterocycles. The minimum Gasteiger partial charge on any atom is -0.494 e. The molecule has 1 N–H and O–H groups in total. The summed E-state index contributed by atoms with van der Waals surface area (Å²) in [5.74, 6) is 3.57. The van der Waals surface area contributed by atoms with Crippen LogP contribution < -0.4 is 10.1 Å². The highest BCUT2D eigenvalue weighted by Crippen LogP contribution is 2.60. The molecule has 148 valence electrons. The second kappa shape index (κ2) is 8.24. The van der Waals surface area contributed by atoms with E-state index < -0.39 is 0 Å². The summed E-state index contributed by atoms with van der Waals surface area (Å²) in [5.41, 5.74) is 0.827. The fourth-order valence-corrected chi connectivity index (χ4v) is 6.18. The van der Waals surface area contributed by atoms with Crippen molar-refractivity contribution in [1.82, 2.24) is 0 Å². The molecule has 0 spiro atoms. The van der Waals surface area contributed by atoms with Crippen molar-refractivity contribution in [3.8, 4) is 5.75 Å². The van der Waals surface area contributed by atoms with Crippen molar-refractivity contribution in [1.29, 1.82) is 0 Å². The quantitative estimate of drug-likeness (QED) is 0.527. The van der Waals surface area contributed by atoms with Gasteiger partial charge in [-0.15, -0.1) is 0 Å². The minimum absolute atomic E-state index is 0.0809. The molecule has 0 heterocycles. The lowest BCUT2D eigenvalue weighted by molar-refractivity contribution is -0.140. The lowest BCUT2D eigenvalue weighted by Gasteiger charge is -2.55. The molecule has 27 heavy (non-hydrogen) atoms. The van der Waals surface area contributed by atoms with Gasteiger partial charge in [-0.3, -0.25) is 4.79 Å². The van der Waals surface area contributed by atoms with Gasteiger partial charge in [-0.05, 0) is 87.0 Å². The van der Waals surface area contributed by atoms with E-state index in [2.05, 4.69) is 12.2 Å². The fourth-order valence-electron chi connectivity index (χ4n) is 6.18. The smallest absolute Gasteiger partial charge is 0.230 e. The Kier molecular flexibility index (Phi) is 5.75. The van der Waals surface area contributed by atoms with E-state index in [1.165, 1.54) is 44.9 Å². The topological polar surface area (TPSA) is 38.3 Å². The second-order valence-corrected chi connectivity index (χ2v) is 9.44. The lowest BCUT2D eigenvalue weighted by atomic mass is 9.49. The van der Waals surface area contributed by atoms with Gasteiger partial charge in [0.05, 0.1) is 12.0 Å². The first-order valence-corrected chi connectivity index (χ1v) is 11.2. The van der Waals surface area contributed by atoms with Crippen molar-refractivity contribution in [3.63, 3.8) is 0 Å². The van der Waals surface area contributed by atoms with Gasteiger partial charge in [0.2, 0.25) is 5.91 Å². The van der Waals surface area contributed by atoms with Crippen LogP contribution in [-0.2, 0) is 4.79 Å². The van der Waals surface area contributed by atoms with Gasteiger partial charge in [-0.25, -0.2) is 0 Å². The molecule has 4 bridgehead atoms. The summed E-state index contributed by atoms with van der Waals surface area (Å²) in [5, 5.41) is 3.22. The molecule has 1 amide bonds. The van der Waals surface area contributed by atoms with Gasteiger partial charge in [-0.1, -0.05) is 32.6 Å². The van der Waals surface area contributed by atoms with E-state index in [4.69, 9.17) is 4.74 Å². The number of rotatable bonds is 9. The largest absolute Gasteiger partial charge is 0.494 e. The Labute approximate surface area is 164 Å². The third kappa shape index (κ3) is 4.33. The number of hydrogen-bond acceptors (Lipinski definition) is 2. The summed E-state index contributed by atoms with van der Waals surface area (Å²) >= 11 is 0. The van der Waals surface area contributed by atoms with E-state index in [0.717, 1.165) is 61.5 Å². The molecular formula is C24H35NO2. The molecule has 0 unspecified atom stereocenters. The molecule has 5 rings (SSSR count). The molecule has 0 atom stereocenters. The zero-order valence-electron chi connectivity index (χ0n) is 16.8. The van der Waals surface area contributed by atoms with E-state index in [1.807, 2.05) is 24.3 Å². The number of amides is 1. The average Bonchev–Trinajstić information content (AvgIpc) is 2.65. The van der Waals surface area contributed by atoms with Gasteiger partial charge in [0.1, 0.15) is 5.75 Å². The van der Waals surface area contributed by atoms with Gasteiger partial charge in [0, 0.05) is 5.69 Å². The molecule has 4 saturated carbocycles. The van der Waals surface area contributed by atoms with E-state index in [0.29, 0.717) is 0 Å². The molecule has 3 nitrogen and oxygen atoms in total. The average molecular weight is 370 g/mol. The fraction of sp³-hybridized carbons (Fsp3) is 0.708. The monoisotopic (exact) mass is 369 g/mol. The molecule has 0 saturated heterocycles. The molecule has 0 radical (unpaired) electrons. The Morgan fingerprint density at radius 1 is 0.963 bits per heavy atom. The Balaban J connectivity index is 1.27. The zero-order valence-corrected chi connectivity index (χ0v) is 16.8. The highest BCUT2D eigenvalue weighted by atomic mass is 16.5. The number of anilines is 1. The molecule has 4 fully saturated rings. The second-order valence-electron chi connectivity index (χ2n) is 9.44. The number of benzene rings is 1. The number of carbonyl (C=O) groups is 1. The van der Waals surface area contributed by atoms with Crippen molar-refractivity contribution < 1.29 is 9.53 Å². The lowest BCUT2D eigenvalue weighted by Crippen LogP contribution is -2.51. The van der Waals surface area contributed by atoms with Crippen LogP contribution in [0.15, 0.2) is 24.3 Å². The Morgan fingerprint density at radius 2 is 1.56 bits per heavy atom. The Hall–Kier alpha value is -1.51. The summed E-state index contributed by atoms with van der Waals surface area (Å²) in [6.07, 6.45) is 13.7. The van der Waals surface area contributed by atoms with Crippen LogP contribution in [0.2, 0.25) is 0 Å². The maximum absolute atomic E-state index is 13.1. The van der Waals surface area contributed by atoms with E-state index in [1.54, 1.807) is 0 Å². The summed E-state index contributed by atoms with van der Waals surface area (Å²) < 4.78 is 5.83. The van der Waals surface area contributed by atoms with Crippen molar-refractivity contribution in [3.05, 3.63) is 24.3 Å². The van der Waals surface area contributed by atoms with Crippen LogP contribution in [0.1, 0.15) is 77.6 Å². The molecule has 4 aliphatic rings. The minimum atomic E-state index is -0.0809. The molecular weight excluding hydrogens is 334 g/mol. The highest BCUT2D eigenvalue weighted by Gasteiger charge is 2.54. The van der Waals surface area contributed by atoms with Crippen molar-refractivity contribution in [2.75, 3.05) is 11.9 Å². The standard InChI is InChI=1S/C24H35NO2/c1-2-3-4-5-6-11-27-22-9-7-21(8-10-22)25-23(26)24-15-18-12-19(16-24)14-20(13-18)17-24/h7-10,18-20H,2-6,11-17H2,1H3,(H,25,26). The Bertz CT molecular complexity index is 601. The van der Waals surface area contributed by atoms with Crippen LogP contribution in [0.25, 0.3) is 0 Å². The van der Waals surface area contributed by atoms with Gasteiger partial charge in [0.25, 0.3) is 0 Å². The van der Waals surface area contributed by atoms with Crippen LogP contribution in [0, 0.1) is 23.2 Å². The number of hydrogen-bond donors (Lipinski definition) is 1. The predicted octanol–water partition coefficient (Wildman–Crippen LogP) is 6.19. The number of ether oxygens (including phenoxy) is 1. The number of carbonyl (C=O) groups excluding carboxylic acids is 1. The van der Waals surface area contributed by atoms with Crippen LogP contribution >= 0.6 is 0 Å². The zero-order chi connectivity index (χ0) is 18.7. The molecule has 4 aliphatic carbocycles. The third-order valence-corrected chi connectivity index (χ3v) is 7.15. The van der Waals surface area contributed by atoms with Crippen molar-refractivity contribution >= 4 is 11.6 Å². The van der Waals surface area contributed by atoms with Gasteiger partial charge < -0.3 is 10.1 Å². The summed E-state index contributed by atoms with van der Waals surface area (Å²) in [7, 11) is 0. The van der Waals surface area contributed by atoms with Crippen molar-refractivity contribution in [2.24, 2.45) is 23.2 Å². The molecule has 3 heteroatoms. The predicted molar refractivity (Wildman–Crippen MR) is 110 cm³/mol.